The molecular formula is C16H17NO4S. The highest BCUT2D eigenvalue weighted by molar-refractivity contribution is 7.13. The molecule has 1 aromatic heterocycles. The summed E-state index contributed by atoms with van der Waals surface area (Å²) in [5.74, 6) is 0.606. The van der Waals surface area contributed by atoms with E-state index in [-0.39, 0.29) is 0 Å². The van der Waals surface area contributed by atoms with Crippen molar-refractivity contribution in [1.82, 2.24) is 4.98 Å². The summed E-state index contributed by atoms with van der Waals surface area (Å²) >= 11 is 1.26. The van der Waals surface area contributed by atoms with Crippen LogP contribution < -0.4 is 9.47 Å². The molecule has 0 unspecified atom stereocenters. The molecule has 6 heteroatoms. The minimum atomic E-state index is -0.894. The van der Waals surface area contributed by atoms with Gasteiger partial charge in [0.05, 0.1) is 10.7 Å². The van der Waals surface area contributed by atoms with Gasteiger partial charge in [0, 0.05) is 6.42 Å². The van der Waals surface area contributed by atoms with Crippen molar-refractivity contribution in [2.75, 3.05) is 13.2 Å². The lowest BCUT2D eigenvalue weighted by Gasteiger charge is -2.18. The number of benzene rings is 1. The number of fused-ring (bicyclic) bond motifs is 1. The van der Waals surface area contributed by atoms with Gasteiger partial charge in [0.1, 0.15) is 18.1 Å². The van der Waals surface area contributed by atoms with Gasteiger partial charge in [-0.2, -0.15) is 0 Å². The Bertz CT molecular complexity index is 695. The number of ether oxygens (including phenoxy) is 2. The zero-order valence-electron chi connectivity index (χ0n) is 12.3. The fourth-order valence-corrected chi connectivity index (χ4v) is 3.41. The number of thiazole rings is 1. The van der Waals surface area contributed by atoms with Crippen LogP contribution in [0, 0.1) is 0 Å². The van der Waals surface area contributed by atoms with Crippen molar-refractivity contribution in [3.63, 3.8) is 0 Å². The maximum atomic E-state index is 11.3. The van der Waals surface area contributed by atoms with Crippen molar-refractivity contribution >= 4 is 17.3 Å². The minimum absolute atomic E-state index is 0.356. The van der Waals surface area contributed by atoms with E-state index in [1.165, 1.54) is 11.3 Å². The third-order valence-electron chi connectivity index (χ3n) is 3.38. The maximum absolute atomic E-state index is 11.3. The smallest absolute Gasteiger partial charge is 0.347 e. The molecule has 3 rings (SSSR count). The predicted molar refractivity (Wildman–Crippen MR) is 83.3 cm³/mol. The SMILES string of the molecule is CCCc1nc(Cc2ccc3c(c2)OCCO3)sc1C(=O)O. The first-order chi connectivity index (χ1) is 10.7. The Hall–Kier alpha value is -2.08. The second-order valence-corrected chi connectivity index (χ2v) is 6.18. The van der Waals surface area contributed by atoms with Gasteiger partial charge in [-0.05, 0) is 24.1 Å². The normalized spacial score (nSPS) is 13.1. The minimum Gasteiger partial charge on any atom is -0.486 e. The van der Waals surface area contributed by atoms with Gasteiger partial charge in [0.2, 0.25) is 0 Å². The number of aryl methyl sites for hydroxylation is 1. The topological polar surface area (TPSA) is 68.7 Å². The first-order valence-electron chi connectivity index (χ1n) is 7.27. The molecule has 2 heterocycles. The van der Waals surface area contributed by atoms with Crippen molar-refractivity contribution in [3.8, 4) is 11.5 Å². The number of aromatic nitrogens is 1. The van der Waals surface area contributed by atoms with Crippen molar-refractivity contribution < 1.29 is 19.4 Å². The highest BCUT2D eigenvalue weighted by Crippen LogP contribution is 2.32. The van der Waals surface area contributed by atoms with E-state index in [0.717, 1.165) is 28.5 Å². The van der Waals surface area contributed by atoms with Gasteiger partial charge in [-0.3, -0.25) is 0 Å². The molecule has 0 aliphatic carbocycles. The molecule has 0 bridgehead atoms. The lowest BCUT2D eigenvalue weighted by Crippen LogP contribution is -2.15. The zero-order valence-corrected chi connectivity index (χ0v) is 13.1. The second-order valence-electron chi connectivity index (χ2n) is 5.09. The van der Waals surface area contributed by atoms with Crippen LogP contribution in [0.15, 0.2) is 18.2 Å². The summed E-state index contributed by atoms with van der Waals surface area (Å²) in [6.07, 6.45) is 2.18. The Morgan fingerprint density at radius 1 is 1.32 bits per heavy atom. The standard InChI is InChI=1S/C16H17NO4S/c1-2-3-11-15(16(18)19)22-14(17-11)9-10-4-5-12-13(8-10)21-7-6-20-12/h4-5,8H,2-3,6-7,9H2,1H3,(H,18,19). The van der Waals surface area contributed by atoms with Crippen LogP contribution >= 0.6 is 11.3 Å². The molecule has 116 valence electrons. The van der Waals surface area contributed by atoms with Crippen LogP contribution in [-0.4, -0.2) is 29.3 Å². The van der Waals surface area contributed by atoms with Crippen LogP contribution in [0.2, 0.25) is 0 Å². The van der Waals surface area contributed by atoms with Gasteiger partial charge in [0.15, 0.2) is 11.5 Å². The molecular weight excluding hydrogens is 302 g/mol. The van der Waals surface area contributed by atoms with E-state index in [1.807, 2.05) is 25.1 Å². The molecule has 0 fully saturated rings. The predicted octanol–water partition coefficient (Wildman–Crippen LogP) is 3.16. The molecule has 1 aliphatic rings. The lowest BCUT2D eigenvalue weighted by atomic mass is 10.1. The summed E-state index contributed by atoms with van der Waals surface area (Å²) in [6.45, 7) is 3.14. The van der Waals surface area contributed by atoms with E-state index in [1.54, 1.807) is 0 Å². The first kappa shape index (κ1) is 14.8. The van der Waals surface area contributed by atoms with Crippen LogP contribution in [0.1, 0.15) is 39.3 Å². The largest absolute Gasteiger partial charge is 0.486 e. The van der Waals surface area contributed by atoms with Crippen molar-refractivity contribution in [2.24, 2.45) is 0 Å². The summed E-state index contributed by atoms with van der Waals surface area (Å²) < 4.78 is 11.1. The Balaban J connectivity index is 1.83. The summed E-state index contributed by atoms with van der Waals surface area (Å²) in [5, 5.41) is 10.1. The quantitative estimate of drug-likeness (QED) is 0.917. The number of carboxylic acids is 1. The number of carbonyl (C=O) groups is 1. The summed E-state index contributed by atoms with van der Waals surface area (Å²) in [6, 6.07) is 5.80. The molecule has 0 saturated carbocycles. The molecule has 0 saturated heterocycles. The van der Waals surface area contributed by atoms with Crippen LogP contribution in [0.4, 0.5) is 0 Å². The van der Waals surface area contributed by atoms with E-state index in [9.17, 15) is 9.90 Å². The maximum Gasteiger partial charge on any atom is 0.347 e. The Morgan fingerprint density at radius 3 is 2.82 bits per heavy atom. The van der Waals surface area contributed by atoms with Crippen LogP contribution in [0.5, 0.6) is 11.5 Å². The highest BCUT2D eigenvalue weighted by Gasteiger charge is 2.18. The third kappa shape index (κ3) is 3.06. The van der Waals surface area contributed by atoms with Crippen molar-refractivity contribution in [1.29, 1.82) is 0 Å². The number of rotatable bonds is 5. The number of aromatic carboxylic acids is 1. The van der Waals surface area contributed by atoms with Gasteiger partial charge in [0.25, 0.3) is 0 Å². The van der Waals surface area contributed by atoms with E-state index in [0.29, 0.717) is 36.6 Å². The van der Waals surface area contributed by atoms with Crippen LogP contribution in [0.25, 0.3) is 0 Å². The molecule has 1 N–H and O–H groups in total. The Labute approximate surface area is 132 Å². The van der Waals surface area contributed by atoms with Gasteiger partial charge >= 0.3 is 5.97 Å². The summed E-state index contributed by atoms with van der Waals surface area (Å²) in [7, 11) is 0. The van der Waals surface area contributed by atoms with Gasteiger partial charge in [-0.25, -0.2) is 9.78 Å². The monoisotopic (exact) mass is 319 g/mol. The third-order valence-corrected chi connectivity index (χ3v) is 4.47. The van der Waals surface area contributed by atoms with Crippen LogP contribution in [0.3, 0.4) is 0 Å². The van der Waals surface area contributed by atoms with E-state index in [4.69, 9.17) is 9.47 Å². The van der Waals surface area contributed by atoms with E-state index < -0.39 is 5.97 Å². The molecule has 22 heavy (non-hydrogen) atoms. The molecule has 0 spiro atoms. The van der Waals surface area contributed by atoms with Crippen molar-refractivity contribution in [2.45, 2.75) is 26.2 Å². The zero-order chi connectivity index (χ0) is 15.5. The second kappa shape index (κ2) is 6.36. The molecule has 0 atom stereocenters. The van der Waals surface area contributed by atoms with Gasteiger partial charge in [-0.1, -0.05) is 19.4 Å². The molecule has 1 aromatic carbocycles. The van der Waals surface area contributed by atoms with E-state index >= 15 is 0 Å². The Kier molecular flexibility index (Phi) is 4.29. The number of hydrogen-bond donors (Lipinski definition) is 1. The fourth-order valence-electron chi connectivity index (χ4n) is 2.42. The first-order valence-corrected chi connectivity index (χ1v) is 8.09. The number of carboxylic acid groups (broad SMARTS) is 1. The molecule has 0 amide bonds. The van der Waals surface area contributed by atoms with E-state index in [2.05, 4.69) is 4.98 Å². The average Bonchev–Trinajstić information content (AvgIpc) is 2.90. The number of hydrogen-bond acceptors (Lipinski definition) is 5. The number of nitrogens with zero attached hydrogens (tertiary/aromatic N) is 1. The fraction of sp³-hybridized carbons (Fsp3) is 0.375. The Morgan fingerprint density at radius 2 is 2.09 bits per heavy atom. The summed E-state index contributed by atoms with van der Waals surface area (Å²) in [5.41, 5.74) is 1.73. The van der Waals surface area contributed by atoms with Crippen molar-refractivity contribution in [3.05, 3.63) is 39.3 Å². The average molecular weight is 319 g/mol. The van der Waals surface area contributed by atoms with Gasteiger partial charge in [-0.15, -0.1) is 11.3 Å². The summed E-state index contributed by atoms with van der Waals surface area (Å²) in [4.78, 5) is 16.1. The van der Waals surface area contributed by atoms with Gasteiger partial charge < -0.3 is 14.6 Å². The molecule has 1 aliphatic heterocycles. The molecule has 0 radical (unpaired) electrons. The highest BCUT2D eigenvalue weighted by atomic mass is 32.1. The molecule has 5 nitrogen and oxygen atoms in total. The lowest BCUT2D eigenvalue weighted by molar-refractivity contribution is 0.0700. The van der Waals surface area contributed by atoms with Crippen LogP contribution in [-0.2, 0) is 12.8 Å². The molecule has 2 aromatic rings.